The van der Waals surface area contributed by atoms with Crippen LogP contribution < -0.4 is 0 Å². The lowest BCUT2D eigenvalue weighted by atomic mass is 10.1. The predicted octanol–water partition coefficient (Wildman–Crippen LogP) is 5.17. The molecule has 0 aliphatic carbocycles. The first-order chi connectivity index (χ1) is 9.81. The van der Waals surface area contributed by atoms with E-state index in [0.29, 0.717) is 5.57 Å². The van der Waals surface area contributed by atoms with Crippen molar-refractivity contribution >= 4 is 24.5 Å². The van der Waals surface area contributed by atoms with E-state index in [4.69, 9.17) is 9.52 Å². The lowest BCUT2D eigenvalue weighted by Gasteiger charge is -1.93. The number of hydrogen-bond acceptors (Lipinski definition) is 2. The highest BCUT2D eigenvalue weighted by atomic mass is 35.5. The number of halogens is 1. The molecule has 1 aromatic rings. The molecule has 1 rings (SSSR count). The second kappa shape index (κ2) is 9.11. The maximum Gasteiger partial charge on any atom is 0.328 e. The number of carbonyl (C=O) groups is 1. The molecule has 1 N–H and O–H groups in total. The fraction of sp³-hybridized carbons (Fsp3) is 0.278. The Morgan fingerprint density at radius 2 is 1.68 bits per heavy atom. The Morgan fingerprint density at radius 1 is 1.05 bits per heavy atom. The zero-order valence-electron chi connectivity index (χ0n) is 13.6. The highest BCUT2D eigenvalue weighted by molar-refractivity contribution is 5.85. The van der Waals surface area contributed by atoms with Crippen molar-refractivity contribution in [2.45, 2.75) is 34.6 Å². The number of hydrogen-bond donors (Lipinski definition) is 1. The Balaban J connectivity index is 0.00000441. The minimum absolute atomic E-state index is 0. The average Bonchev–Trinajstić information content (AvgIpc) is 2.60. The first kappa shape index (κ1) is 20.0. The molecular formula is C18H23ClO3. The van der Waals surface area contributed by atoms with E-state index in [1.165, 1.54) is 6.08 Å². The molecule has 120 valence electrons. The number of furan rings is 1. The molecule has 0 radical (unpaired) electrons. The molecule has 0 spiro atoms. The standard InChI is InChI=1S/C18H22O3.ClH/c1-12(7-6-8-13(2)11-18(19)20)9-10-17-14(3)15(4)21-16(17)5;/h6-11H,1-5H3,(H,19,20);1H. The summed E-state index contributed by atoms with van der Waals surface area (Å²) in [7, 11) is 0. The average molecular weight is 323 g/mol. The van der Waals surface area contributed by atoms with Gasteiger partial charge in [0.15, 0.2) is 0 Å². The van der Waals surface area contributed by atoms with E-state index in [2.05, 4.69) is 0 Å². The van der Waals surface area contributed by atoms with Crippen molar-refractivity contribution in [1.82, 2.24) is 0 Å². The molecule has 0 saturated carbocycles. The van der Waals surface area contributed by atoms with Crippen molar-refractivity contribution in [1.29, 1.82) is 0 Å². The van der Waals surface area contributed by atoms with Crippen LogP contribution in [-0.2, 0) is 4.79 Å². The molecule has 0 bridgehead atoms. The van der Waals surface area contributed by atoms with Crippen LogP contribution >= 0.6 is 12.4 Å². The molecular weight excluding hydrogens is 300 g/mol. The Hall–Kier alpha value is -2.00. The molecule has 0 aliphatic heterocycles. The van der Waals surface area contributed by atoms with E-state index in [9.17, 15) is 4.79 Å². The van der Waals surface area contributed by atoms with Crippen molar-refractivity contribution < 1.29 is 14.3 Å². The van der Waals surface area contributed by atoms with Gasteiger partial charge in [0.25, 0.3) is 0 Å². The predicted molar refractivity (Wildman–Crippen MR) is 93.5 cm³/mol. The molecule has 0 unspecified atom stereocenters. The van der Waals surface area contributed by atoms with Crippen LogP contribution in [0.4, 0.5) is 0 Å². The maximum absolute atomic E-state index is 10.5. The van der Waals surface area contributed by atoms with Gasteiger partial charge in [-0.3, -0.25) is 0 Å². The van der Waals surface area contributed by atoms with E-state index in [1.54, 1.807) is 13.0 Å². The second-order valence-electron chi connectivity index (χ2n) is 5.08. The van der Waals surface area contributed by atoms with E-state index < -0.39 is 5.97 Å². The van der Waals surface area contributed by atoms with Crippen LogP contribution in [0.3, 0.4) is 0 Å². The topological polar surface area (TPSA) is 50.4 Å². The van der Waals surface area contributed by atoms with Gasteiger partial charge in [0.05, 0.1) is 0 Å². The van der Waals surface area contributed by atoms with Gasteiger partial charge in [-0.15, -0.1) is 12.4 Å². The van der Waals surface area contributed by atoms with E-state index in [0.717, 1.165) is 28.2 Å². The third kappa shape index (κ3) is 6.19. The fourth-order valence-electron chi connectivity index (χ4n) is 1.92. The molecule has 4 heteroatoms. The Bertz CT molecular complexity index is 644. The summed E-state index contributed by atoms with van der Waals surface area (Å²) in [5.41, 5.74) is 4.05. The first-order valence-corrected chi connectivity index (χ1v) is 6.82. The highest BCUT2D eigenvalue weighted by Crippen LogP contribution is 2.22. The fourth-order valence-corrected chi connectivity index (χ4v) is 1.92. The van der Waals surface area contributed by atoms with Crippen LogP contribution in [0.2, 0.25) is 0 Å². The third-order valence-corrected chi connectivity index (χ3v) is 3.20. The number of rotatable bonds is 5. The van der Waals surface area contributed by atoms with Crippen LogP contribution in [0.15, 0.2) is 45.9 Å². The summed E-state index contributed by atoms with van der Waals surface area (Å²) < 4.78 is 5.58. The van der Waals surface area contributed by atoms with Gasteiger partial charge in [-0.25, -0.2) is 4.79 Å². The van der Waals surface area contributed by atoms with Gasteiger partial charge < -0.3 is 9.52 Å². The van der Waals surface area contributed by atoms with Gasteiger partial charge >= 0.3 is 5.97 Å². The summed E-state index contributed by atoms with van der Waals surface area (Å²) in [6.07, 6.45) is 10.8. The van der Waals surface area contributed by atoms with E-state index in [-0.39, 0.29) is 12.4 Å². The van der Waals surface area contributed by atoms with Crippen LogP contribution in [0.5, 0.6) is 0 Å². The minimum Gasteiger partial charge on any atom is -0.478 e. The smallest absolute Gasteiger partial charge is 0.328 e. The first-order valence-electron chi connectivity index (χ1n) is 6.82. The molecule has 1 heterocycles. The minimum atomic E-state index is -0.931. The maximum atomic E-state index is 10.5. The number of carboxylic acids is 1. The van der Waals surface area contributed by atoms with Gasteiger partial charge in [-0.05, 0) is 45.8 Å². The van der Waals surface area contributed by atoms with E-state index in [1.807, 2.05) is 52.0 Å². The normalized spacial score (nSPS) is 13.0. The van der Waals surface area contributed by atoms with Gasteiger partial charge in [0, 0.05) is 11.6 Å². The zero-order chi connectivity index (χ0) is 16.0. The van der Waals surface area contributed by atoms with Crippen LogP contribution in [0.1, 0.15) is 36.5 Å². The second-order valence-corrected chi connectivity index (χ2v) is 5.08. The molecule has 0 aromatic carbocycles. The van der Waals surface area contributed by atoms with E-state index >= 15 is 0 Å². The summed E-state index contributed by atoms with van der Waals surface area (Å²) in [4.78, 5) is 10.5. The number of aryl methyl sites for hydroxylation is 2. The summed E-state index contributed by atoms with van der Waals surface area (Å²) in [6.45, 7) is 9.71. The molecule has 0 fully saturated rings. The largest absolute Gasteiger partial charge is 0.478 e. The van der Waals surface area contributed by atoms with Gasteiger partial charge in [0.1, 0.15) is 11.5 Å². The third-order valence-electron chi connectivity index (χ3n) is 3.20. The molecule has 0 atom stereocenters. The number of aliphatic carboxylic acids is 1. The van der Waals surface area contributed by atoms with Gasteiger partial charge in [0.2, 0.25) is 0 Å². The van der Waals surface area contributed by atoms with Gasteiger partial charge in [-0.1, -0.05) is 36.0 Å². The molecule has 1 aromatic heterocycles. The highest BCUT2D eigenvalue weighted by Gasteiger charge is 2.07. The Morgan fingerprint density at radius 3 is 2.18 bits per heavy atom. The van der Waals surface area contributed by atoms with Crippen LogP contribution in [0, 0.1) is 20.8 Å². The summed E-state index contributed by atoms with van der Waals surface area (Å²) in [5.74, 6) is 0.937. The van der Waals surface area contributed by atoms with Crippen molar-refractivity contribution in [2.24, 2.45) is 0 Å². The molecule has 0 amide bonds. The number of carboxylic acid groups (broad SMARTS) is 1. The molecule has 3 nitrogen and oxygen atoms in total. The quantitative estimate of drug-likeness (QED) is 0.600. The lowest BCUT2D eigenvalue weighted by molar-refractivity contribution is -0.131. The molecule has 0 saturated heterocycles. The summed E-state index contributed by atoms with van der Waals surface area (Å²) >= 11 is 0. The molecule has 22 heavy (non-hydrogen) atoms. The van der Waals surface area contributed by atoms with Crippen molar-refractivity contribution in [3.05, 3.63) is 64.2 Å². The van der Waals surface area contributed by atoms with Crippen LogP contribution in [0.25, 0.3) is 6.08 Å². The summed E-state index contributed by atoms with van der Waals surface area (Å²) in [5, 5.41) is 8.61. The van der Waals surface area contributed by atoms with Crippen LogP contribution in [-0.4, -0.2) is 11.1 Å². The number of allylic oxidation sites excluding steroid dienone is 6. The molecule has 0 aliphatic rings. The van der Waals surface area contributed by atoms with Crippen molar-refractivity contribution in [2.75, 3.05) is 0 Å². The van der Waals surface area contributed by atoms with Crippen molar-refractivity contribution in [3.8, 4) is 0 Å². The Kier molecular flexibility index (Phi) is 8.28. The summed E-state index contributed by atoms with van der Waals surface area (Å²) in [6, 6.07) is 0. The zero-order valence-corrected chi connectivity index (χ0v) is 14.5. The monoisotopic (exact) mass is 322 g/mol. The van der Waals surface area contributed by atoms with Crippen molar-refractivity contribution in [3.63, 3.8) is 0 Å². The van der Waals surface area contributed by atoms with Gasteiger partial charge in [-0.2, -0.15) is 0 Å². The SMILES string of the molecule is CC(C=Cc1c(C)oc(C)c1C)=CC=CC(C)=CC(=O)O.Cl. The Labute approximate surface area is 138 Å². The lowest BCUT2D eigenvalue weighted by Crippen LogP contribution is -1.87.